The van der Waals surface area contributed by atoms with Gasteiger partial charge in [0.1, 0.15) is 0 Å². The Hall–Kier alpha value is -1.25. The molecule has 1 fully saturated rings. The molecule has 0 atom stereocenters. The Kier molecular flexibility index (Phi) is 6.54. The van der Waals surface area contributed by atoms with Crippen molar-refractivity contribution in [3.05, 3.63) is 29.8 Å². The van der Waals surface area contributed by atoms with E-state index in [1.165, 1.54) is 24.3 Å². The molecule has 1 aliphatic rings. The molecule has 8 heteroatoms. The smallest absolute Gasteiger partial charge is 0.384 e. The molecule has 0 saturated carbocycles. The van der Waals surface area contributed by atoms with Gasteiger partial charge < -0.3 is 15.4 Å². The average molecular weight is 362 g/mol. The van der Waals surface area contributed by atoms with Crippen molar-refractivity contribution in [2.45, 2.75) is 23.2 Å². The number of hydrogen-bond acceptors (Lipinski definition) is 4. The van der Waals surface area contributed by atoms with Gasteiger partial charge in [0.2, 0.25) is 0 Å². The van der Waals surface area contributed by atoms with E-state index in [0.717, 1.165) is 25.9 Å². The predicted molar refractivity (Wildman–Crippen MR) is 87.1 cm³/mol. The third kappa shape index (κ3) is 5.68. The zero-order valence-corrected chi connectivity index (χ0v) is 14.2. The molecule has 24 heavy (non-hydrogen) atoms. The van der Waals surface area contributed by atoms with Gasteiger partial charge in [-0.3, -0.25) is 4.79 Å². The number of methoxy groups -OCH3 is 1. The van der Waals surface area contributed by atoms with E-state index >= 15 is 0 Å². The molecule has 1 aromatic carbocycles. The summed E-state index contributed by atoms with van der Waals surface area (Å²) in [5.41, 5.74) is -4.07. The number of ether oxygens (including phenoxy) is 1. The molecule has 134 valence electrons. The first-order valence-electron chi connectivity index (χ1n) is 7.67. The summed E-state index contributed by atoms with van der Waals surface area (Å²) in [6.45, 7) is 2.81. The van der Waals surface area contributed by atoms with Crippen LogP contribution < -0.4 is 10.6 Å². The molecule has 1 aromatic rings. The predicted octanol–water partition coefficient (Wildman–Crippen LogP) is 3.04. The van der Waals surface area contributed by atoms with Crippen molar-refractivity contribution in [1.82, 2.24) is 10.6 Å². The highest BCUT2D eigenvalue weighted by Gasteiger charge is 2.32. The van der Waals surface area contributed by atoms with E-state index < -0.39 is 5.51 Å². The molecule has 4 nitrogen and oxygen atoms in total. The van der Waals surface area contributed by atoms with Crippen molar-refractivity contribution in [3.63, 3.8) is 0 Å². The van der Waals surface area contributed by atoms with Gasteiger partial charge in [-0.15, -0.1) is 0 Å². The van der Waals surface area contributed by atoms with Gasteiger partial charge in [0.05, 0.1) is 6.61 Å². The molecule has 1 heterocycles. The molecule has 1 saturated heterocycles. The number of alkyl halides is 3. The van der Waals surface area contributed by atoms with Gasteiger partial charge in [-0.1, -0.05) is 0 Å². The van der Waals surface area contributed by atoms with Gasteiger partial charge in [-0.2, -0.15) is 13.2 Å². The first kappa shape index (κ1) is 19.1. The number of amides is 1. The number of benzene rings is 1. The standard InChI is InChI=1S/C16H21F3N2O2S/c1-23-11-15(6-8-20-9-7-15)10-21-14(22)12-2-4-13(5-3-12)24-16(17,18)19/h2-5,20H,6-11H2,1H3,(H,21,22). The Morgan fingerprint density at radius 2 is 1.92 bits per heavy atom. The summed E-state index contributed by atoms with van der Waals surface area (Å²) in [5.74, 6) is -0.285. The lowest BCUT2D eigenvalue weighted by molar-refractivity contribution is -0.0328. The van der Waals surface area contributed by atoms with Gasteiger partial charge >= 0.3 is 5.51 Å². The highest BCUT2D eigenvalue weighted by atomic mass is 32.2. The molecule has 0 spiro atoms. The van der Waals surface area contributed by atoms with E-state index in [1.807, 2.05) is 0 Å². The summed E-state index contributed by atoms with van der Waals surface area (Å²) in [6, 6.07) is 5.44. The van der Waals surface area contributed by atoms with E-state index in [0.29, 0.717) is 18.7 Å². The summed E-state index contributed by atoms with van der Waals surface area (Å²) in [5, 5.41) is 6.17. The van der Waals surface area contributed by atoms with Crippen LogP contribution in [-0.2, 0) is 4.74 Å². The minimum absolute atomic E-state index is 0.0632. The maximum absolute atomic E-state index is 12.3. The number of thioether (sulfide) groups is 1. The van der Waals surface area contributed by atoms with Gasteiger partial charge in [-0.25, -0.2) is 0 Å². The highest BCUT2D eigenvalue weighted by molar-refractivity contribution is 8.00. The van der Waals surface area contributed by atoms with Crippen LogP contribution in [0.5, 0.6) is 0 Å². The fourth-order valence-corrected chi connectivity index (χ4v) is 3.35. The van der Waals surface area contributed by atoms with Crippen LogP contribution in [-0.4, -0.2) is 44.8 Å². The number of nitrogens with one attached hydrogen (secondary N) is 2. The molecule has 0 aromatic heterocycles. The van der Waals surface area contributed by atoms with Crippen molar-refractivity contribution in [2.75, 3.05) is 33.4 Å². The third-order valence-corrected chi connectivity index (χ3v) is 4.83. The zero-order valence-electron chi connectivity index (χ0n) is 13.4. The SMILES string of the molecule is COCC1(CNC(=O)c2ccc(SC(F)(F)F)cc2)CCNCC1. The normalized spacial score (nSPS) is 17.5. The lowest BCUT2D eigenvalue weighted by Gasteiger charge is -2.37. The van der Waals surface area contributed by atoms with Crippen LogP contribution in [0.4, 0.5) is 13.2 Å². The van der Waals surface area contributed by atoms with Crippen LogP contribution in [0, 0.1) is 5.41 Å². The van der Waals surface area contributed by atoms with Gasteiger partial charge in [0, 0.05) is 29.5 Å². The monoisotopic (exact) mass is 362 g/mol. The number of carbonyl (C=O) groups excluding carboxylic acids is 1. The van der Waals surface area contributed by atoms with Crippen molar-refractivity contribution < 1.29 is 22.7 Å². The summed E-state index contributed by atoms with van der Waals surface area (Å²) in [6.07, 6.45) is 1.81. The Balaban J connectivity index is 1.94. The summed E-state index contributed by atoms with van der Waals surface area (Å²) in [7, 11) is 1.64. The molecule has 2 N–H and O–H groups in total. The molecule has 2 rings (SSSR count). The lowest BCUT2D eigenvalue weighted by Crippen LogP contribution is -2.47. The molecule has 1 aliphatic heterocycles. The minimum atomic E-state index is -4.33. The Morgan fingerprint density at radius 3 is 2.46 bits per heavy atom. The summed E-state index contributed by atoms with van der Waals surface area (Å²) in [4.78, 5) is 12.3. The zero-order chi connectivity index (χ0) is 17.6. The Labute approximate surface area is 143 Å². The molecular weight excluding hydrogens is 341 g/mol. The van der Waals surface area contributed by atoms with Gasteiger partial charge in [0.15, 0.2) is 0 Å². The minimum Gasteiger partial charge on any atom is -0.384 e. The van der Waals surface area contributed by atoms with Gasteiger partial charge in [-0.05, 0) is 62.0 Å². The van der Waals surface area contributed by atoms with Crippen molar-refractivity contribution in [1.29, 1.82) is 0 Å². The second kappa shape index (κ2) is 8.22. The number of hydrogen-bond donors (Lipinski definition) is 2. The van der Waals surface area contributed by atoms with Crippen LogP contribution >= 0.6 is 11.8 Å². The van der Waals surface area contributed by atoms with Crippen LogP contribution in [0.15, 0.2) is 29.2 Å². The molecule has 0 aliphatic carbocycles. The fraction of sp³-hybridized carbons (Fsp3) is 0.562. The van der Waals surface area contributed by atoms with E-state index in [2.05, 4.69) is 10.6 Å². The van der Waals surface area contributed by atoms with E-state index in [4.69, 9.17) is 4.74 Å². The topological polar surface area (TPSA) is 50.4 Å². The quantitative estimate of drug-likeness (QED) is 0.764. The highest BCUT2D eigenvalue weighted by Crippen LogP contribution is 2.36. The van der Waals surface area contributed by atoms with Crippen LogP contribution in [0.25, 0.3) is 0 Å². The second-order valence-corrected chi connectivity index (χ2v) is 7.08. The van der Waals surface area contributed by atoms with Crippen LogP contribution in [0.2, 0.25) is 0 Å². The van der Waals surface area contributed by atoms with Crippen LogP contribution in [0.1, 0.15) is 23.2 Å². The second-order valence-electron chi connectivity index (χ2n) is 5.94. The van der Waals surface area contributed by atoms with E-state index in [9.17, 15) is 18.0 Å². The Bertz CT molecular complexity index is 538. The maximum Gasteiger partial charge on any atom is 0.446 e. The summed E-state index contributed by atoms with van der Waals surface area (Å²) >= 11 is -0.192. The molecular formula is C16H21F3N2O2S. The van der Waals surface area contributed by atoms with Crippen molar-refractivity contribution >= 4 is 17.7 Å². The number of rotatable bonds is 6. The van der Waals surface area contributed by atoms with E-state index in [1.54, 1.807) is 7.11 Å². The summed E-state index contributed by atoms with van der Waals surface area (Å²) < 4.78 is 42.2. The lowest BCUT2D eigenvalue weighted by atomic mass is 9.79. The number of piperidine rings is 1. The average Bonchev–Trinajstić information content (AvgIpc) is 2.53. The first-order valence-corrected chi connectivity index (χ1v) is 8.49. The largest absolute Gasteiger partial charge is 0.446 e. The third-order valence-electron chi connectivity index (χ3n) is 4.09. The first-order chi connectivity index (χ1) is 11.3. The fourth-order valence-electron chi connectivity index (χ4n) is 2.81. The van der Waals surface area contributed by atoms with E-state index in [-0.39, 0.29) is 28.0 Å². The molecule has 0 unspecified atom stereocenters. The van der Waals surface area contributed by atoms with Crippen molar-refractivity contribution in [3.8, 4) is 0 Å². The van der Waals surface area contributed by atoms with Crippen LogP contribution in [0.3, 0.4) is 0 Å². The maximum atomic E-state index is 12.3. The Morgan fingerprint density at radius 1 is 1.29 bits per heavy atom. The molecule has 0 radical (unpaired) electrons. The van der Waals surface area contributed by atoms with Crippen molar-refractivity contribution in [2.24, 2.45) is 5.41 Å². The number of carbonyl (C=O) groups is 1. The number of halogens is 3. The molecule has 0 bridgehead atoms. The van der Waals surface area contributed by atoms with Gasteiger partial charge in [0.25, 0.3) is 5.91 Å². The molecule has 1 amide bonds.